The molecule has 0 saturated heterocycles. The van der Waals surface area contributed by atoms with Crippen molar-refractivity contribution in [3.05, 3.63) is 52.8 Å². The van der Waals surface area contributed by atoms with Crippen LogP contribution in [0.4, 0.5) is 5.69 Å². The van der Waals surface area contributed by atoms with E-state index >= 15 is 0 Å². The topological polar surface area (TPSA) is 213 Å². The summed E-state index contributed by atoms with van der Waals surface area (Å²) in [5.41, 5.74) is -0.0314. The maximum absolute atomic E-state index is 14.2. The second-order valence-electron chi connectivity index (χ2n) is 14.2. The molecule has 5 rings (SSSR count). The highest BCUT2D eigenvalue weighted by atomic mass is 16.7. The van der Waals surface area contributed by atoms with Gasteiger partial charge in [0.05, 0.1) is 41.2 Å². The van der Waals surface area contributed by atoms with E-state index in [1.165, 1.54) is 53.2 Å². The molecule has 5 bridgehead atoms. The van der Waals surface area contributed by atoms with Gasteiger partial charge in [-0.1, -0.05) is 45.9 Å². The molecule has 9 atom stereocenters. The number of aliphatic hydroxyl groups excluding tert-OH is 2. The van der Waals surface area contributed by atoms with Crippen LogP contribution in [0, 0.1) is 30.6 Å². The quantitative estimate of drug-likeness (QED) is 0.131. The third kappa shape index (κ3) is 7.72. The van der Waals surface area contributed by atoms with Crippen molar-refractivity contribution in [2.45, 2.75) is 92.1 Å². The standard InChI is InChI=1S/C39H52N2O12/c1-17-12-11-13-18(2)38(49)41-29-24(16-40-9)33(46)26-27(34(29)47)32(45)22(6)36-28(26)37(48)39(8,53-36)51-15-14-25(50-10)19(3)35(52-23(7)42)21(5)31(44)20(4)30(17)43/h11-15,17,19-21,25,30-31,35,40,43-47H,16H2,1-10H3,(H,41,49)/t17-,19+,20-,21-,25+,30+,31-,35+,39+/m1/s1. The highest BCUT2D eigenvalue weighted by Crippen LogP contribution is 2.55. The Morgan fingerprint density at radius 1 is 0.962 bits per heavy atom. The molecule has 2 aromatic carbocycles. The zero-order chi connectivity index (χ0) is 39.7. The fraction of sp³-hybridized carbons (Fsp3) is 0.513. The number of phenolic OH excluding ortho intramolecular Hbond substituents is 3. The molecular formula is C39H52N2O12. The zero-order valence-electron chi connectivity index (χ0n) is 31.8. The van der Waals surface area contributed by atoms with Crippen LogP contribution in [-0.4, -0.2) is 87.6 Å². The summed E-state index contributed by atoms with van der Waals surface area (Å²) < 4.78 is 23.4. The summed E-state index contributed by atoms with van der Waals surface area (Å²) in [5.74, 6) is -8.02. The molecule has 290 valence electrons. The summed E-state index contributed by atoms with van der Waals surface area (Å²) in [6, 6.07) is 0. The maximum atomic E-state index is 14.2. The number of carbonyl (C=O) groups excluding carboxylic acids is 3. The number of Topliss-reactive ketones (excluding diaryl/α,β-unsaturated/α-hetero) is 1. The van der Waals surface area contributed by atoms with Crippen LogP contribution in [0.2, 0.25) is 0 Å². The second-order valence-corrected chi connectivity index (χ2v) is 14.2. The number of allylic oxidation sites excluding steroid dienone is 2. The summed E-state index contributed by atoms with van der Waals surface area (Å²) in [6.45, 7) is 12.5. The SMILES string of the molecule is CNCc1c2c(O)c3c(O)c(C)c4c(c3c1O)C(=O)[C@@](C)(OC=C[C@H](OC)[C@H](C)[C@H](OC(C)=O)[C@H](C)[C@H](O)[C@H](C)[C@@H](O)[C@H](C)C=CC=C(C)C(=O)N2)O4. The fourth-order valence-electron chi connectivity index (χ4n) is 7.14. The summed E-state index contributed by atoms with van der Waals surface area (Å²) in [5, 5.41) is 62.4. The number of esters is 1. The first kappa shape index (κ1) is 41.1. The molecule has 0 aromatic heterocycles. The average molecular weight is 741 g/mol. The minimum atomic E-state index is -2.01. The fourth-order valence-corrected chi connectivity index (χ4v) is 7.14. The number of benzene rings is 2. The molecule has 3 aliphatic rings. The number of anilines is 1. The molecule has 0 fully saturated rings. The number of aliphatic hydroxyl groups is 2. The van der Waals surface area contributed by atoms with E-state index in [9.17, 15) is 39.9 Å². The van der Waals surface area contributed by atoms with Crippen LogP contribution in [0.15, 0.2) is 36.1 Å². The molecule has 0 saturated carbocycles. The zero-order valence-corrected chi connectivity index (χ0v) is 31.8. The van der Waals surface area contributed by atoms with Crippen LogP contribution < -0.4 is 15.4 Å². The van der Waals surface area contributed by atoms with E-state index in [1.807, 2.05) is 0 Å². The maximum Gasteiger partial charge on any atom is 0.312 e. The van der Waals surface area contributed by atoms with Gasteiger partial charge in [-0.3, -0.25) is 14.4 Å². The molecular weight excluding hydrogens is 688 g/mol. The predicted molar refractivity (Wildman–Crippen MR) is 197 cm³/mol. The summed E-state index contributed by atoms with van der Waals surface area (Å²) >= 11 is 0. The van der Waals surface area contributed by atoms with Gasteiger partial charge in [0.2, 0.25) is 0 Å². The van der Waals surface area contributed by atoms with Gasteiger partial charge in [0, 0.05) is 73.3 Å². The Hall–Kier alpha value is -4.63. The Balaban J connectivity index is 1.94. The molecule has 0 unspecified atom stereocenters. The number of carbonyl (C=O) groups is 3. The molecule has 0 spiro atoms. The van der Waals surface area contributed by atoms with Gasteiger partial charge in [-0.15, -0.1) is 0 Å². The Morgan fingerprint density at radius 2 is 1.62 bits per heavy atom. The number of phenols is 3. The lowest BCUT2D eigenvalue weighted by Gasteiger charge is -2.38. The number of hydrogen-bond acceptors (Lipinski definition) is 13. The lowest BCUT2D eigenvalue weighted by Crippen LogP contribution is -2.46. The molecule has 0 radical (unpaired) electrons. The van der Waals surface area contributed by atoms with E-state index in [0.29, 0.717) is 0 Å². The molecule has 2 aromatic rings. The first-order chi connectivity index (χ1) is 24.8. The number of aromatic hydroxyl groups is 3. The largest absolute Gasteiger partial charge is 0.507 e. The van der Waals surface area contributed by atoms with Gasteiger partial charge < -0.3 is 55.1 Å². The van der Waals surface area contributed by atoms with Gasteiger partial charge in [0.1, 0.15) is 23.4 Å². The van der Waals surface area contributed by atoms with Crippen molar-refractivity contribution in [1.82, 2.24) is 5.32 Å². The molecule has 3 aliphatic heterocycles. The number of amides is 1. The van der Waals surface area contributed by atoms with Crippen molar-refractivity contribution < 1.29 is 58.9 Å². The van der Waals surface area contributed by atoms with E-state index in [4.69, 9.17) is 18.9 Å². The second kappa shape index (κ2) is 16.2. The summed E-state index contributed by atoms with van der Waals surface area (Å²) in [4.78, 5) is 39.9. The van der Waals surface area contributed by atoms with E-state index in [-0.39, 0.29) is 51.0 Å². The van der Waals surface area contributed by atoms with Crippen molar-refractivity contribution in [2.75, 3.05) is 19.5 Å². The number of hydrogen-bond donors (Lipinski definition) is 7. The monoisotopic (exact) mass is 740 g/mol. The Morgan fingerprint density at radius 3 is 2.23 bits per heavy atom. The van der Waals surface area contributed by atoms with Gasteiger partial charge in [0.25, 0.3) is 11.7 Å². The van der Waals surface area contributed by atoms with Gasteiger partial charge in [-0.2, -0.15) is 0 Å². The van der Waals surface area contributed by atoms with Crippen LogP contribution in [0.25, 0.3) is 10.8 Å². The van der Waals surface area contributed by atoms with Crippen LogP contribution in [0.1, 0.15) is 70.0 Å². The molecule has 7 N–H and O–H groups in total. The minimum absolute atomic E-state index is 0.0362. The van der Waals surface area contributed by atoms with Crippen molar-refractivity contribution >= 4 is 34.1 Å². The van der Waals surface area contributed by atoms with Gasteiger partial charge >= 0.3 is 11.8 Å². The molecule has 14 nitrogen and oxygen atoms in total. The van der Waals surface area contributed by atoms with Crippen molar-refractivity contribution in [2.24, 2.45) is 23.7 Å². The average Bonchev–Trinajstić information content (AvgIpc) is 3.38. The number of methoxy groups -OCH3 is 1. The van der Waals surface area contributed by atoms with Crippen LogP contribution >= 0.6 is 0 Å². The predicted octanol–water partition coefficient (Wildman–Crippen LogP) is 4.47. The Bertz CT molecular complexity index is 1850. The summed E-state index contributed by atoms with van der Waals surface area (Å²) in [7, 11) is 3.02. The van der Waals surface area contributed by atoms with Gasteiger partial charge in [-0.25, -0.2) is 0 Å². The molecule has 1 amide bonds. The first-order valence-corrected chi connectivity index (χ1v) is 17.5. The van der Waals surface area contributed by atoms with Crippen molar-refractivity contribution in [3.63, 3.8) is 0 Å². The smallest absolute Gasteiger partial charge is 0.312 e. The van der Waals surface area contributed by atoms with E-state index < -0.39 is 88.8 Å². The Kier molecular flexibility index (Phi) is 12.5. The van der Waals surface area contributed by atoms with Crippen molar-refractivity contribution in [1.29, 1.82) is 0 Å². The number of nitrogens with one attached hydrogen (secondary N) is 2. The normalized spacial score (nSPS) is 29.8. The number of rotatable bonds is 4. The van der Waals surface area contributed by atoms with Gasteiger partial charge in [-0.05, 0) is 27.0 Å². The highest BCUT2D eigenvalue weighted by Gasteiger charge is 2.50. The van der Waals surface area contributed by atoms with Crippen LogP contribution in [-0.2, 0) is 30.3 Å². The van der Waals surface area contributed by atoms with Crippen LogP contribution in [0.5, 0.6) is 23.0 Å². The van der Waals surface area contributed by atoms with Gasteiger partial charge in [0.15, 0.2) is 5.75 Å². The third-order valence-electron chi connectivity index (χ3n) is 10.4. The summed E-state index contributed by atoms with van der Waals surface area (Å²) in [6.07, 6.45) is 3.62. The third-order valence-corrected chi connectivity index (χ3v) is 10.4. The molecule has 14 heteroatoms. The lowest BCUT2D eigenvalue weighted by molar-refractivity contribution is -0.160. The highest BCUT2D eigenvalue weighted by molar-refractivity contribution is 6.22. The van der Waals surface area contributed by atoms with E-state index in [2.05, 4.69) is 10.6 Å². The van der Waals surface area contributed by atoms with E-state index in [1.54, 1.807) is 46.9 Å². The van der Waals surface area contributed by atoms with Crippen molar-refractivity contribution in [3.8, 4) is 23.0 Å². The minimum Gasteiger partial charge on any atom is -0.507 e. The number of ketones is 1. The molecule has 0 aliphatic carbocycles. The first-order valence-electron chi connectivity index (χ1n) is 17.5. The Labute approximate surface area is 309 Å². The number of fused-ring (bicyclic) bond motifs is 14. The van der Waals surface area contributed by atoms with Crippen LogP contribution in [0.3, 0.4) is 0 Å². The molecule has 53 heavy (non-hydrogen) atoms. The number of ether oxygens (including phenoxy) is 4. The van der Waals surface area contributed by atoms with E-state index in [0.717, 1.165) is 0 Å². The lowest BCUT2D eigenvalue weighted by atomic mass is 9.78. The molecule has 3 heterocycles.